The van der Waals surface area contributed by atoms with Gasteiger partial charge in [0.2, 0.25) is 0 Å². The first-order valence-electron chi connectivity index (χ1n) is 10.1. The van der Waals surface area contributed by atoms with Gasteiger partial charge in [-0.2, -0.15) is 4.59 Å². The van der Waals surface area contributed by atoms with Gasteiger partial charge in [-0.15, -0.1) is 0 Å². The van der Waals surface area contributed by atoms with Crippen molar-refractivity contribution >= 4 is 23.4 Å². The maximum absolute atomic E-state index is 12.1. The highest BCUT2D eigenvalue weighted by molar-refractivity contribution is 6.19. The third kappa shape index (κ3) is 5.19. The number of amides is 1. The Morgan fingerprint density at radius 2 is 1.59 bits per heavy atom. The topological polar surface area (TPSA) is 67.5 Å². The molecule has 0 radical (unpaired) electrons. The standard InChI is InChI=1S/C24H30N4O/c1-24(2,3)26-15-10-16-28(18-22(25)29)23(20-13-8-5-9-14-20)21(17-27-28)19-11-6-4-7-12-19/h4-9,11-14,17,26H,10,15-16,18H2,1-3H3,(H-,25,29)/p+1. The number of hydrogen-bond acceptors (Lipinski definition) is 3. The lowest BCUT2D eigenvalue weighted by Gasteiger charge is -2.31. The van der Waals surface area contributed by atoms with Gasteiger partial charge in [0, 0.05) is 24.1 Å². The normalized spacial score (nSPS) is 19.0. The zero-order valence-corrected chi connectivity index (χ0v) is 17.6. The van der Waals surface area contributed by atoms with Crippen LogP contribution in [0.1, 0.15) is 38.3 Å². The first-order chi connectivity index (χ1) is 13.8. The highest BCUT2D eigenvalue weighted by Crippen LogP contribution is 2.39. The number of carbonyl (C=O) groups is 1. The molecule has 152 valence electrons. The summed E-state index contributed by atoms with van der Waals surface area (Å²) in [5.74, 6) is -0.353. The zero-order chi connectivity index (χ0) is 20.9. The molecule has 0 aliphatic carbocycles. The Morgan fingerprint density at radius 3 is 2.14 bits per heavy atom. The van der Waals surface area contributed by atoms with E-state index < -0.39 is 0 Å². The van der Waals surface area contributed by atoms with Gasteiger partial charge >= 0.3 is 0 Å². The average Bonchev–Trinajstić information content (AvgIpc) is 3.04. The number of quaternary nitrogens is 1. The highest BCUT2D eigenvalue weighted by atomic mass is 16.1. The van der Waals surface area contributed by atoms with Crippen LogP contribution in [0.3, 0.4) is 0 Å². The summed E-state index contributed by atoms with van der Waals surface area (Å²) < 4.78 is 0.204. The molecule has 2 aromatic carbocycles. The maximum Gasteiger partial charge on any atom is 0.275 e. The molecular weight excluding hydrogens is 360 g/mol. The molecule has 1 aliphatic rings. The number of hydrogen-bond donors (Lipinski definition) is 2. The van der Waals surface area contributed by atoms with E-state index in [0.29, 0.717) is 6.54 Å². The number of rotatable bonds is 8. The van der Waals surface area contributed by atoms with Crippen molar-refractivity contribution in [2.24, 2.45) is 10.8 Å². The second kappa shape index (κ2) is 8.72. The Morgan fingerprint density at radius 1 is 1.00 bits per heavy atom. The van der Waals surface area contributed by atoms with E-state index in [4.69, 9.17) is 10.8 Å². The van der Waals surface area contributed by atoms with Gasteiger partial charge in [-0.05, 0) is 38.5 Å². The number of benzene rings is 2. The smallest absolute Gasteiger partial charge is 0.275 e. The third-order valence-electron chi connectivity index (χ3n) is 4.99. The lowest BCUT2D eigenvalue weighted by molar-refractivity contribution is -0.856. The molecule has 2 aromatic rings. The van der Waals surface area contributed by atoms with Gasteiger partial charge in [-0.25, -0.2) is 0 Å². The third-order valence-corrected chi connectivity index (χ3v) is 4.99. The summed E-state index contributed by atoms with van der Waals surface area (Å²) in [4.78, 5) is 12.1. The summed E-state index contributed by atoms with van der Waals surface area (Å²) in [6, 6.07) is 20.4. The van der Waals surface area contributed by atoms with Crippen LogP contribution in [-0.2, 0) is 4.79 Å². The van der Waals surface area contributed by atoms with E-state index in [1.165, 1.54) is 0 Å². The Hall–Kier alpha value is -2.76. The second-order valence-electron chi connectivity index (χ2n) is 8.54. The van der Waals surface area contributed by atoms with E-state index in [9.17, 15) is 4.79 Å². The summed E-state index contributed by atoms with van der Waals surface area (Å²) in [6.45, 7) is 8.14. The molecule has 0 saturated carbocycles. The Labute approximate surface area is 173 Å². The number of nitrogens with zero attached hydrogens (tertiary/aromatic N) is 2. The van der Waals surface area contributed by atoms with E-state index >= 15 is 0 Å². The van der Waals surface area contributed by atoms with Crippen LogP contribution in [0.15, 0.2) is 65.8 Å². The van der Waals surface area contributed by atoms with Crippen LogP contribution in [0, 0.1) is 0 Å². The van der Waals surface area contributed by atoms with E-state index in [2.05, 4.69) is 50.4 Å². The van der Waals surface area contributed by atoms with Gasteiger partial charge in [0.15, 0.2) is 12.2 Å². The van der Waals surface area contributed by atoms with Crippen molar-refractivity contribution in [3.8, 4) is 0 Å². The van der Waals surface area contributed by atoms with Crippen molar-refractivity contribution in [3.05, 3.63) is 71.8 Å². The van der Waals surface area contributed by atoms with Crippen molar-refractivity contribution in [1.29, 1.82) is 0 Å². The molecule has 5 heteroatoms. The predicted molar refractivity (Wildman–Crippen MR) is 120 cm³/mol. The molecule has 3 rings (SSSR count). The van der Waals surface area contributed by atoms with Crippen LogP contribution in [0.25, 0.3) is 11.3 Å². The fourth-order valence-corrected chi connectivity index (χ4v) is 3.76. The molecule has 3 N–H and O–H groups in total. The molecule has 0 bridgehead atoms. The van der Waals surface area contributed by atoms with E-state index in [0.717, 1.165) is 35.4 Å². The van der Waals surface area contributed by atoms with Gasteiger partial charge in [0.05, 0.1) is 11.8 Å². The summed E-state index contributed by atoms with van der Waals surface area (Å²) in [7, 11) is 0. The maximum atomic E-state index is 12.1. The monoisotopic (exact) mass is 391 g/mol. The van der Waals surface area contributed by atoms with Crippen molar-refractivity contribution in [1.82, 2.24) is 5.32 Å². The van der Waals surface area contributed by atoms with Crippen LogP contribution in [0.4, 0.5) is 0 Å². The van der Waals surface area contributed by atoms with Gasteiger partial charge in [-0.3, -0.25) is 4.79 Å². The molecule has 0 saturated heterocycles. The van der Waals surface area contributed by atoms with Crippen LogP contribution < -0.4 is 11.1 Å². The molecule has 5 nitrogen and oxygen atoms in total. The van der Waals surface area contributed by atoms with Crippen LogP contribution in [0.5, 0.6) is 0 Å². The summed E-state index contributed by atoms with van der Waals surface area (Å²) in [5.41, 5.74) is 9.97. The minimum atomic E-state index is -0.353. The van der Waals surface area contributed by atoms with Gasteiger partial charge in [0.1, 0.15) is 6.54 Å². The lowest BCUT2D eigenvalue weighted by atomic mass is 9.99. The lowest BCUT2D eigenvalue weighted by Crippen LogP contribution is -2.47. The highest BCUT2D eigenvalue weighted by Gasteiger charge is 2.42. The number of nitrogens with two attached hydrogens (primary N) is 1. The minimum Gasteiger partial charge on any atom is -0.365 e. The number of carbonyl (C=O) groups excluding carboxylic acids is 1. The number of allylic oxidation sites excluding steroid dienone is 1. The molecule has 0 spiro atoms. The minimum absolute atomic E-state index is 0.0517. The second-order valence-corrected chi connectivity index (χ2v) is 8.54. The fraction of sp³-hybridized carbons (Fsp3) is 0.333. The molecule has 1 atom stereocenters. The summed E-state index contributed by atoms with van der Waals surface area (Å²) >= 11 is 0. The van der Waals surface area contributed by atoms with Crippen molar-refractivity contribution < 1.29 is 9.39 Å². The molecular formula is C24H31N4O+. The Kier molecular flexibility index (Phi) is 6.30. The molecule has 1 aliphatic heterocycles. The van der Waals surface area contributed by atoms with Crippen LogP contribution in [-0.4, -0.2) is 41.9 Å². The average molecular weight is 392 g/mol. The van der Waals surface area contributed by atoms with Crippen LogP contribution >= 0.6 is 0 Å². The molecule has 0 fully saturated rings. The van der Waals surface area contributed by atoms with Crippen molar-refractivity contribution in [3.63, 3.8) is 0 Å². The molecule has 1 heterocycles. The first kappa shape index (κ1) is 21.0. The fourth-order valence-electron chi connectivity index (χ4n) is 3.76. The van der Waals surface area contributed by atoms with E-state index in [1.807, 2.05) is 42.6 Å². The molecule has 0 aromatic heterocycles. The molecule has 1 amide bonds. The Bertz CT molecular complexity index is 897. The molecule has 1 unspecified atom stereocenters. The van der Waals surface area contributed by atoms with Crippen LogP contribution in [0.2, 0.25) is 0 Å². The number of primary amides is 1. The largest absolute Gasteiger partial charge is 0.365 e. The SMILES string of the molecule is CC(C)(C)NCCC[N+]1(CC(N)=O)N=CC(c2ccccc2)=C1c1ccccc1. The van der Waals surface area contributed by atoms with Crippen molar-refractivity contribution in [2.45, 2.75) is 32.7 Å². The summed E-state index contributed by atoms with van der Waals surface area (Å²) in [6.07, 6.45) is 2.78. The van der Waals surface area contributed by atoms with E-state index in [-0.39, 0.29) is 22.6 Å². The zero-order valence-electron chi connectivity index (χ0n) is 17.6. The quantitative estimate of drug-likeness (QED) is 0.533. The van der Waals surface area contributed by atoms with Gasteiger partial charge in [-0.1, -0.05) is 53.6 Å². The van der Waals surface area contributed by atoms with Gasteiger partial charge < -0.3 is 11.1 Å². The summed E-state index contributed by atoms with van der Waals surface area (Å²) in [5, 5.41) is 8.39. The number of nitrogens with one attached hydrogen (secondary N) is 1. The first-order valence-corrected chi connectivity index (χ1v) is 10.1. The Balaban J connectivity index is 2.02. The van der Waals surface area contributed by atoms with E-state index in [1.54, 1.807) is 0 Å². The van der Waals surface area contributed by atoms with Crippen molar-refractivity contribution in [2.75, 3.05) is 19.6 Å². The predicted octanol–water partition coefficient (Wildman–Crippen LogP) is 3.63. The van der Waals surface area contributed by atoms with Gasteiger partial charge in [0.25, 0.3) is 5.91 Å². The molecule has 29 heavy (non-hydrogen) atoms.